The number of benzene rings is 2. The second kappa shape index (κ2) is 9.56. The van der Waals surface area contributed by atoms with E-state index in [0.29, 0.717) is 11.1 Å². The summed E-state index contributed by atoms with van der Waals surface area (Å²) in [5.74, 6) is 0.889. The molecule has 0 radical (unpaired) electrons. The van der Waals surface area contributed by atoms with Gasteiger partial charge in [-0.2, -0.15) is 0 Å². The van der Waals surface area contributed by atoms with Crippen LogP contribution in [-0.4, -0.2) is 38.4 Å². The maximum Gasteiger partial charge on any atom is 0.243 e. The number of rotatable bonds is 8. The summed E-state index contributed by atoms with van der Waals surface area (Å²) < 4.78 is 1.88. The van der Waals surface area contributed by atoms with Crippen LogP contribution >= 0.6 is 11.8 Å². The minimum Gasteiger partial charge on any atom is -0.346 e. The average Bonchev–Trinajstić information content (AvgIpc) is 3.55. The third-order valence-electron chi connectivity index (χ3n) is 5.38. The van der Waals surface area contributed by atoms with Crippen LogP contribution in [0.4, 0.5) is 5.69 Å². The fourth-order valence-electron chi connectivity index (χ4n) is 3.44. The lowest BCUT2D eigenvalue weighted by atomic mass is 10.1. The van der Waals surface area contributed by atoms with E-state index >= 15 is 0 Å². The molecule has 0 bridgehead atoms. The molecule has 32 heavy (non-hydrogen) atoms. The predicted octanol–water partition coefficient (Wildman–Crippen LogP) is 4.00. The number of anilines is 1. The zero-order valence-corrected chi connectivity index (χ0v) is 19.3. The quantitative estimate of drug-likeness (QED) is 0.508. The molecule has 3 aromatic rings. The molecule has 1 aliphatic carbocycles. The lowest BCUT2D eigenvalue weighted by molar-refractivity contribution is -0.123. The van der Waals surface area contributed by atoms with Crippen molar-refractivity contribution in [1.82, 2.24) is 20.1 Å². The fourth-order valence-corrected chi connectivity index (χ4v) is 4.22. The number of thioether (sulfide) groups is 1. The molecule has 1 aliphatic rings. The molecule has 166 valence electrons. The molecule has 7 nitrogen and oxygen atoms in total. The van der Waals surface area contributed by atoms with Crippen LogP contribution in [0.5, 0.6) is 0 Å². The molecule has 1 atom stereocenters. The van der Waals surface area contributed by atoms with Crippen LogP contribution < -0.4 is 10.6 Å². The van der Waals surface area contributed by atoms with Crippen molar-refractivity contribution in [3.05, 3.63) is 65.5 Å². The molecule has 2 N–H and O–H groups in total. The maximum atomic E-state index is 12.6. The monoisotopic (exact) mass is 449 g/mol. The molecule has 0 spiro atoms. The summed E-state index contributed by atoms with van der Waals surface area (Å²) in [6.45, 7) is 5.59. The van der Waals surface area contributed by atoms with Crippen molar-refractivity contribution in [3.8, 4) is 5.69 Å². The number of nitrogens with one attached hydrogen (secondary N) is 2. The van der Waals surface area contributed by atoms with Crippen LogP contribution in [0.25, 0.3) is 5.69 Å². The predicted molar refractivity (Wildman–Crippen MR) is 126 cm³/mol. The topological polar surface area (TPSA) is 88.9 Å². The summed E-state index contributed by atoms with van der Waals surface area (Å²) >= 11 is 1.30. The molecule has 1 heterocycles. The maximum absolute atomic E-state index is 12.6. The Bertz CT molecular complexity index is 1100. The van der Waals surface area contributed by atoms with E-state index in [1.54, 1.807) is 6.92 Å². The molecule has 1 fully saturated rings. The van der Waals surface area contributed by atoms with Crippen molar-refractivity contribution in [1.29, 1.82) is 0 Å². The Morgan fingerprint density at radius 1 is 1.09 bits per heavy atom. The first-order valence-corrected chi connectivity index (χ1v) is 11.6. The summed E-state index contributed by atoms with van der Waals surface area (Å²) in [6, 6.07) is 15.7. The zero-order chi connectivity index (χ0) is 22.7. The van der Waals surface area contributed by atoms with Crippen molar-refractivity contribution in [2.75, 3.05) is 11.9 Å². The summed E-state index contributed by atoms with van der Waals surface area (Å²) in [4.78, 5) is 29.6. The number of amides is 2. The van der Waals surface area contributed by atoms with Crippen molar-refractivity contribution < 1.29 is 9.59 Å². The number of para-hydroxylation sites is 2. The van der Waals surface area contributed by atoms with Gasteiger partial charge in [-0.15, -0.1) is 5.10 Å². The van der Waals surface area contributed by atoms with E-state index in [1.807, 2.05) is 67.1 Å². The van der Waals surface area contributed by atoms with Crippen LogP contribution in [0.15, 0.2) is 53.7 Å². The summed E-state index contributed by atoms with van der Waals surface area (Å²) in [5, 5.41) is 10.4. The molecule has 1 saturated carbocycles. The smallest absolute Gasteiger partial charge is 0.243 e. The van der Waals surface area contributed by atoms with Crippen molar-refractivity contribution >= 4 is 29.3 Å². The molecule has 4 rings (SSSR count). The Morgan fingerprint density at radius 2 is 1.78 bits per heavy atom. The van der Waals surface area contributed by atoms with Gasteiger partial charge in [0.05, 0.1) is 17.5 Å². The van der Waals surface area contributed by atoms with Gasteiger partial charge in [0.15, 0.2) is 0 Å². The van der Waals surface area contributed by atoms with E-state index in [0.717, 1.165) is 41.2 Å². The molecule has 1 unspecified atom stereocenters. The standard InChI is InChI=1S/C24H27N5O2S/c1-15-8-7-9-16(2)21(15)26-20(30)14-25-23(31)17(3)32-24-27-22(18-12-13-18)29(28-24)19-10-5-4-6-11-19/h4-11,17-18H,12-14H2,1-3H3,(H,25,31)(H,26,30). The van der Waals surface area contributed by atoms with Crippen LogP contribution in [0.2, 0.25) is 0 Å². The molecule has 2 amide bonds. The Hall–Kier alpha value is -3.13. The van der Waals surface area contributed by atoms with Crippen LogP contribution in [0, 0.1) is 13.8 Å². The lowest BCUT2D eigenvalue weighted by Gasteiger charge is -2.13. The highest BCUT2D eigenvalue weighted by molar-refractivity contribution is 8.00. The van der Waals surface area contributed by atoms with Gasteiger partial charge >= 0.3 is 0 Å². The van der Waals surface area contributed by atoms with E-state index < -0.39 is 5.25 Å². The molecular formula is C24H27N5O2S. The molecule has 8 heteroatoms. The van der Waals surface area contributed by atoms with Crippen LogP contribution in [0.1, 0.15) is 42.6 Å². The van der Waals surface area contributed by atoms with Crippen molar-refractivity contribution in [3.63, 3.8) is 0 Å². The molecule has 1 aromatic heterocycles. The van der Waals surface area contributed by atoms with Gasteiger partial charge in [-0.3, -0.25) is 9.59 Å². The average molecular weight is 450 g/mol. The Morgan fingerprint density at radius 3 is 2.44 bits per heavy atom. The largest absolute Gasteiger partial charge is 0.346 e. The number of aryl methyl sites for hydroxylation is 2. The van der Waals surface area contributed by atoms with Gasteiger partial charge in [-0.1, -0.05) is 48.2 Å². The summed E-state index contributed by atoms with van der Waals surface area (Å²) in [5.41, 5.74) is 3.73. The normalized spacial score (nSPS) is 14.1. The number of aromatic nitrogens is 3. The number of hydrogen-bond acceptors (Lipinski definition) is 5. The zero-order valence-electron chi connectivity index (χ0n) is 18.5. The molecule has 0 saturated heterocycles. The number of carbonyl (C=O) groups is 2. The van der Waals surface area contributed by atoms with Gasteiger partial charge < -0.3 is 10.6 Å². The second-order valence-corrected chi connectivity index (χ2v) is 9.38. The van der Waals surface area contributed by atoms with E-state index in [9.17, 15) is 9.59 Å². The van der Waals surface area contributed by atoms with Crippen molar-refractivity contribution in [2.24, 2.45) is 0 Å². The highest BCUT2D eigenvalue weighted by atomic mass is 32.2. The van der Waals surface area contributed by atoms with Gasteiger partial charge in [-0.05, 0) is 56.9 Å². The van der Waals surface area contributed by atoms with Gasteiger partial charge in [0.1, 0.15) is 5.82 Å². The van der Waals surface area contributed by atoms with E-state index in [2.05, 4.69) is 15.7 Å². The van der Waals surface area contributed by atoms with Gasteiger partial charge in [-0.25, -0.2) is 9.67 Å². The second-order valence-electron chi connectivity index (χ2n) is 8.07. The Balaban J connectivity index is 1.35. The lowest BCUT2D eigenvalue weighted by Crippen LogP contribution is -2.37. The van der Waals surface area contributed by atoms with E-state index in [-0.39, 0.29) is 18.4 Å². The first kappa shape index (κ1) is 22.1. The minimum atomic E-state index is -0.429. The Labute approximate surface area is 192 Å². The summed E-state index contributed by atoms with van der Waals surface area (Å²) in [7, 11) is 0. The summed E-state index contributed by atoms with van der Waals surface area (Å²) in [6.07, 6.45) is 2.22. The third-order valence-corrected chi connectivity index (χ3v) is 6.33. The van der Waals surface area contributed by atoms with Crippen LogP contribution in [0.3, 0.4) is 0 Å². The molecule has 0 aliphatic heterocycles. The highest BCUT2D eigenvalue weighted by Crippen LogP contribution is 2.40. The van der Waals surface area contributed by atoms with Crippen LogP contribution in [-0.2, 0) is 9.59 Å². The van der Waals surface area contributed by atoms with Gasteiger partial charge in [0.25, 0.3) is 0 Å². The Kier molecular flexibility index (Phi) is 6.60. The van der Waals surface area contributed by atoms with E-state index in [4.69, 9.17) is 4.98 Å². The number of hydrogen-bond donors (Lipinski definition) is 2. The first-order chi connectivity index (χ1) is 15.4. The fraction of sp³-hybridized carbons (Fsp3) is 0.333. The number of carbonyl (C=O) groups excluding carboxylic acids is 2. The van der Waals surface area contributed by atoms with Gasteiger partial charge in [0, 0.05) is 11.6 Å². The number of nitrogens with zero attached hydrogens (tertiary/aromatic N) is 3. The highest BCUT2D eigenvalue weighted by Gasteiger charge is 2.31. The van der Waals surface area contributed by atoms with Gasteiger partial charge in [0.2, 0.25) is 17.0 Å². The van der Waals surface area contributed by atoms with Crippen molar-refractivity contribution in [2.45, 2.75) is 49.9 Å². The molecule has 2 aromatic carbocycles. The first-order valence-electron chi connectivity index (χ1n) is 10.7. The minimum absolute atomic E-state index is 0.0866. The third kappa shape index (κ3) is 5.19. The SMILES string of the molecule is Cc1cccc(C)c1NC(=O)CNC(=O)C(C)Sc1nc(C2CC2)n(-c2ccccc2)n1. The molecular weight excluding hydrogens is 422 g/mol. The van der Waals surface area contributed by atoms with E-state index in [1.165, 1.54) is 11.8 Å².